The molecule has 0 radical (unpaired) electrons. The third-order valence-electron chi connectivity index (χ3n) is 2.90. The summed E-state index contributed by atoms with van der Waals surface area (Å²) < 4.78 is 0. The van der Waals surface area contributed by atoms with Crippen LogP contribution in [0.25, 0.3) is 17.3 Å². The number of benzene rings is 1. The molecule has 0 spiro atoms. The van der Waals surface area contributed by atoms with Crippen molar-refractivity contribution in [1.29, 1.82) is 0 Å². The largest absolute Gasteiger partial charge is 0.478 e. The lowest BCUT2D eigenvalue weighted by molar-refractivity contribution is -0.131. The molecule has 0 fully saturated rings. The topological polar surface area (TPSA) is 63.1 Å². The highest BCUT2D eigenvalue weighted by Gasteiger charge is 2.03. The minimum atomic E-state index is -1.01. The van der Waals surface area contributed by atoms with Gasteiger partial charge in [-0.25, -0.2) is 14.8 Å². The van der Waals surface area contributed by atoms with Gasteiger partial charge in [0, 0.05) is 17.3 Å². The molecule has 20 heavy (non-hydrogen) atoms. The highest BCUT2D eigenvalue weighted by atomic mass is 16.4. The molecule has 1 N–H and O–H groups in total. The summed E-state index contributed by atoms with van der Waals surface area (Å²) in [7, 11) is 0. The molecule has 1 heterocycles. The summed E-state index contributed by atoms with van der Waals surface area (Å²) in [5, 5.41) is 8.65. The summed E-state index contributed by atoms with van der Waals surface area (Å²) in [4.78, 5) is 19.1. The van der Waals surface area contributed by atoms with E-state index in [1.807, 2.05) is 25.1 Å². The lowest BCUT2D eigenvalue weighted by atomic mass is 10.1. The Balaban J connectivity index is 2.38. The highest BCUT2D eigenvalue weighted by molar-refractivity contribution is 5.84. The second kappa shape index (κ2) is 6.10. The normalized spacial score (nSPS) is 10.9. The maximum atomic E-state index is 10.5. The van der Waals surface area contributed by atoms with Crippen LogP contribution in [0.4, 0.5) is 0 Å². The van der Waals surface area contributed by atoms with Gasteiger partial charge in [-0.1, -0.05) is 31.2 Å². The Morgan fingerprint density at radius 1 is 1.25 bits per heavy atom. The van der Waals surface area contributed by atoms with Crippen molar-refractivity contribution in [1.82, 2.24) is 9.97 Å². The number of nitrogens with zero attached hydrogens (tertiary/aromatic N) is 2. The van der Waals surface area contributed by atoms with E-state index in [0.29, 0.717) is 5.82 Å². The van der Waals surface area contributed by atoms with Crippen molar-refractivity contribution in [3.63, 3.8) is 0 Å². The fourth-order valence-corrected chi connectivity index (χ4v) is 1.87. The van der Waals surface area contributed by atoms with Crippen molar-refractivity contribution in [2.24, 2.45) is 0 Å². The van der Waals surface area contributed by atoms with E-state index in [1.54, 1.807) is 0 Å². The molecular weight excluding hydrogens is 252 g/mol. The molecule has 4 nitrogen and oxygen atoms in total. The number of carbonyl (C=O) groups is 1. The highest BCUT2D eigenvalue weighted by Crippen LogP contribution is 2.19. The first-order chi connectivity index (χ1) is 9.58. The first kappa shape index (κ1) is 13.9. The maximum absolute atomic E-state index is 10.5. The third kappa shape index (κ3) is 3.51. The lowest BCUT2D eigenvalue weighted by Crippen LogP contribution is -1.95. The van der Waals surface area contributed by atoms with Crippen molar-refractivity contribution in [3.8, 4) is 11.3 Å². The van der Waals surface area contributed by atoms with Gasteiger partial charge in [-0.3, -0.25) is 0 Å². The van der Waals surface area contributed by atoms with Gasteiger partial charge >= 0.3 is 5.97 Å². The summed E-state index contributed by atoms with van der Waals surface area (Å²) >= 11 is 0. The first-order valence-corrected chi connectivity index (χ1v) is 6.44. The summed E-state index contributed by atoms with van der Waals surface area (Å²) in [5.74, 6) is -0.606. The third-order valence-corrected chi connectivity index (χ3v) is 2.90. The predicted molar refractivity (Wildman–Crippen MR) is 78.3 cm³/mol. The number of aryl methyl sites for hydroxylation is 2. The molecule has 102 valence electrons. The van der Waals surface area contributed by atoms with Crippen molar-refractivity contribution in [2.45, 2.75) is 20.3 Å². The van der Waals surface area contributed by atoms with E-state index < -0.39 is 5.97 Å². The van der Waals surface area contributed by atoms with Gasteiger partial charge in [0.2, 0.25) is 0 Å². The molecule has 4 heteroatoms. The summed E-state index contributed by atoms with van der Waals surface area (Å²) in [5.41, 5.74) is 3.87. The number of rotatable bonds is 4. The molecule has 0 aliphatic heterocycles. The van der Waals surface area contributed by atoms with Crippen LogP contribution in [0.5, 0.6) is 0 Å². The molecule has 0 saturated heterocycles. The van der Waals surface area contributed by atoms with Crippen LogP contribution in [0.2, 0.25) is 0 Å². The second-order valence-electron chi connectivity index (χ2n) is 4.47. The minimum absolute atomic E-state index is 0.405. The monoisotopic (exact) mass is 268 g/mol. The zero-order valence-corrected chi connectivity index (χ0v) is 11.5. The molecule has 0 aliphatic carbocycles. The Bertz CT molecular complexity index is 646. The maximum Gasteiger partial charge on any atom is 0.328 e. The van der Waals surface area contributed by atoms with Crippen molar-refractivity contribution in [2.75, 3.05) is 0 Å². The van der Waals surface area contributed by atoms with E-state index in [1.165, 1.54) is 11.6 Å². The molecule has 0 bridgehead atoms. The van der Waals surface area contributed by atoms with Gasteiger partial charge in [0.25, 0.3) is 0 Å². The van der Waals surface area contributed by atoms with E-state index in [0.717, 1.165) is 29.4 Å². The van der Waals surface area contributed by atoms with Crippen LogP contribution in [0, 0.1) is 6.92 Å². The minimum Gasteiger partial charge on any atom is -0.478 e. The number of hydrogen-bond acceptors (Lipinski definition) is 3. The van der Waals surface area contributed by atoms with Crippen molar-refractivity contribution < 1.29 is 9.90 Å². The average Bonchev–Trinajstić information content (AvgIpc) is 2.44. The van der Waals surface area contributed by atoms with Crippen LogP contribution in [0.15, 0.2) is 36.4 Å². The van der Waals surface area contributed by atoms with Gasteiger partial charge in [-0.05, 0) is 31.1 Å². The van der Waals surface area contributed by atoms with Gasteiger partial charge in [0.1, 0.15) is 0 Å². The van der Waals surface area contributed by atoms with Gasteiger partial charge in [-0.2, -0.15) is 0 Å². The van der Waals surface area contributed by atoms with Crippen LogP contribution in [-0.2, 0) is 11.2 Å². The van der Waals surface area contributed by atoms with E-state index in [-0.39, 0.29) is 0 Å². The molecule has 0 unspecified atom stereocenters. The SMILES string of the molecule is CCc1ccc(-c2cc(C)nc(/C=C/C(=O)O)n2)cc1. The average molecular weight is 268 g/mol. The smallest absolute Gasteiger partial charge is 0.328 e. The number of aliphatic carboxylic acids is 1. The predicted octanol–water partition coefficient (Wildman–Crippen LogP) is 3.11. The van der Waals surface area contributed by atoms with Crippen LogP contribution < -0.4 is 0 Å². The number of hydrogen-bond donors (Lipinski definition) is 1. The van der Waals surface area contributed by atoms with Crippen molar-refractivity contribution in [3.05, 3.63) is 53.5 Å². The van der Waals surface area contributed by atoms with Crippen LogP contribution >= 0.6 is 0 Å². The van der Waals surface area contributed by atoms with Crippen LogP contribution in [0.1, 0.15) is 24.0 Å². The molecule has 2 rings (SSSR count). The van der Waals surface area contributed by atoms with E-state index in [9.17, 15) is 4.79 Å². The second-order valence-corrected chi connectivity index (χ2v) is 4.47. The van der Waals surface area contributed by atoms with Crippen LogP contribution in [-0.4, -0.2) is 21.0 Å². The fraction of sp³-hybridized carbons (Fsp3) is 0.188. The van der Waals surface area contributed by atoms with Crippen molar-refractivity contribution >= 4 is 12.0 Å². The van der Waals surface area contributed by atoms with Gasteiger partial charge in [0.05, 0.1) is 5.69 Å². The molecule has 1 aromatic heterocycles. The Kier molecular flexibility index (Phi) is 4.25. The Labute approximate surface area is 117 Å². The zero-order chi connectivity index (χ0) is 14.5. The molecule has 0 saturated carbocycles. The number of aromatic nitrogens is 2. The molecule has 0 atom stereocenters. The van der Waals surface area contributed by atoms with Gasteiger partial charge < -0.3 is 5.11 Å². The standard InChI is InChI=1S/C16H16N2O2/c1-3-12-4-6-13(7-5-12)14-10-11(2)17-15(18-14)8-9-16(19)20/h4-10H,3H2,1-2H3,(H,19,20)/b9-8+. The number of carboxylic acids is 1. The van der Waals surface area contributed by atoms with E-state index in [2.05, 4.69) is 29.0 Å². The molecular formula is C16H16N2O2. The van der Waals surface area contributed by atoms with Gasteiger partial charge in [-0.15, -0.1) is 0 Å². The quantitative estimate of drug-likeness (QED) is 0.865. The van der Waals surface area contributed by atoms with E-state index >= 15 is 0 Å². The van der Waals surface area contributed by atoms with Crippen LogP contribution in [0.3, 0.4) is 0 Å². The lowest BCUT2D eigenvalue weighted by Gasteiger charge is -2.05. The summed E-state index contributed by atoms with van der Waals surface area (Å²) in [6.45, 7) is 3.97. The first-order valence-electron chi connectivity index (χ1n) is 6.44. The summed E-state index contributed by atoms with van der Waals surface area (Å²) in [6, 6.07) is 10.1. The Morgan fingerprint density at radius 2 is 1.95 bits per heavy atom. The molecule has 2 aromatic rings. The molecule has 0 aliphatic rings. The zero-order valence-electron chi connectivity index (χ0n) is 11.5. The molecule has 1 aromatic carbocycles. The fourth-order valence-electron chi connectivity index (χ4n) is 1.87. The molecule has 0 amide bonds. The van der Waals surface area contributed by atoms with Gasteiger partial charge in [0.15, 0.2) is 5.82 Å². The van der Waals surface area contributed by atoms with E-state index in [4.69, 9.17) is 5.11 Å². The number of carboxylic acid groups (broad SMARTS) is 1. The Morgan fingerprint density at radius 3 is 2.55 bits per heavy atom. The summed E-state index contributed by atoms with van der Waals surface area (Å²) in [6.07, 6.45) is 3.44. The Hall–Kier alpha value is -2.49.